The van der Waals surface area contributed by atoms with Crippen LogP contribution in [0.3, 0.4) is 0 Å². The summed E-state index contributed by atoms with van der Waals surface area (Å²) < 4.78 is 19.9. The molecule has 0 amide bonds. The maximum Gasteiger partial charge on any atom is 0.235 e. The predicted octanol–water partition coefficient (Wildman–Crippen LogP) is 6.44. The molecule has 1 atom stereocenters. The summed E-state index contributed by atoms with van der Waals surface area (Å²) in [5.74, 6) is 0.468. The summed E-state index contributed by atoms with van der Waals surface area (Å²) >= 11 is 0. The Hall–Kier alpha value is -3.21. The van der Waals surface area contributed by atoms with Crippen LogP contribution in [0.25, 0.3) is 5.70 Å². The van der Waals surface area contributed by atoms with Crippen molar-refractivity contribution < 1.29 is 9.13 Å². The molecule has 5 heteroatoms. The average Bonchev–Trinajstić information content (AvgIpc) is 3.05. The van der Waals surface area contributed by atoms with Crippen LogP contribution in [0.5, 0.6) is 5.75 Å². The summed E-state index contributed by atoms with van der Waals surface area (Å²) in [5.41, 5.74) is 6.36. The maximum atomic E-state index is 12.9. The summed E-state index contributed by atoms with van der Waals surface area (Å²) in [6.45, 7) is 18.0. The second-order valence-electron chi connectivity index (χ2n) is 7.35. The molecule has 0 fully saturated rings. The monoisotopic (exact) mass is 407 g/mol. The van der Waals surface area contributed by atoms with Gasteiger partial charge in [0.2, 0.25) is 6.36 Å². The van der Waals surface area contributed by atoms with Crippen LogP contribution in [0.1, 0.15) is 44.6 Å². The van der Waals surface area contributed by atoms with E-state index in [4.69, 9.17) is 9.84 Å². The fraction of sp³-hybridized carbons (Fsp3) is 0.280. The maximum absolute atomic E-state index is 12.9. The minimum Gasteiger partial charge on any atom is -0.461 e. The first-order valence-electron chi connectivity index (χ1n) is 9.86. The fourth-order valence-corrected chi connectivity index (χ4v) is 2.72. The van der Waals surface area contributed by atoms with Crippen LogP contribution in [0.4, 0.5) is 4.39 Å². The summed E-state index contributed by atoms with van der Waals surface area (Å²) in [6.07, 6.45) is 4.62. The second kappa shape index (κ2) is 10.5. The number of halogens is 1. The van der Waals surface area contributed by atoms with E-state index < -0.39 is 6.36 Å². The molecular formula is C25H30FN3O. The lowest BCUT2D eigenvalue weighted by Crippen LogP contribution is -2.05. The lowest BCUT2D eigenvalue weighted by molar-refractivity contribution is 0.0860. The van der Waals surface area contributed by atoms with Crippen LogP contribution >= 0.6 is 0 Å². The second-order valence-corrected chi connectivity index (χ2v) is 7.35. The van der Waals surface area contributed by atoms with Gasteiger partial charge in [-0.3, -0.25) is 9.67 Å². The number of aromatic nitrogens is 2. The summed E-state index contributed by atoms with van der Waals surface area (Å²) in [4.78, 5) is 4.61. The van der Waals surface area contributed by atoms with E-state index in [1.54, 1.807) is 12.1 Å². The Morgan fingerprint density at radius 2 is 1.90 bits per heavy atom. The van der Waals surface area contributed by atoms with Crippen molar-refractivity contribution in [2.75, 3.05) is 0 Å². The highest BCUT2D eigenvalue weighted by Crippen LogP contribution is 2.20. The Morgan fingerprint density at radius 3 is 2.47 bits per heavy atom. The summed E-state index contributed by atoms with van der Waals surface area (Å²) in [6, 6.07) is 9.04. The van der Waals surface area contributed by atoms with Gasteiger partial charge in [0.1, 0.15) is 11.4 Å². The molecule has 2 aromatic rings. The van der Waals surface area contributed by atoms with E-state index in [0.29, 0.717) is 18.0 Å². The van der Waals surface area contributed by atoms with Crippen molar-refractivity contribution in [1.82, 2.24) is 9.78 Å². The van der Waals surface area contributed by atoms with E-state index in [-0.39, 0.29) is 0 Å². The van der Waals surface area contributed by atoms with Gasteiger partial charge in [0.15, 0.2) is 0 Å². The smallest absolute Gasteiger partial charge is 0.235 e. The molecule has 1 heterocycles. The number of allylic oxidation sites excluding steroid dienone is 5. The van der Waals surface area contributed by atoms with E-state index in [1.165, 1.54) is 12.5 Å². The van der Waals surface area contributed by atoms with Crippen LogP contribution in [0.15, 0.2) is 77.9 Å². The van der Waals surface area contributed by atoms with Crippen molar-refractivity contribution in [3.8, 4) is 5.75 Å². The molecular weight excluding hydrogens is 377 g/mol. The average molecular weight is 408 g/mol. The van der Waals surface area contributed by atoms with Gasteiger partial charge in [0.25, 0.3) is 0 Å². The van der Waals surface area contributed by atoms with Crippen molar-refractivity contribution in [1.29, 1.82) is 0 Å². The summed E-state index contributed by atoms with van der Waals surface area (Å²) in [5, 5.41) is 4.69. The zero-order chi connectivity index (χ0) is 22.3. The van der Waals surface area contributed by atoms with E-state index in [0.717, 1.165) is 28.2 Å². The SMILES string of the molecule is C=C/C(=C\C=C(C)C)Cn1nc(/C(C)=N/C(=C)c2ccc(OC(C)F)cc2)cc1C. The van der Waals surface area contributed by atoms with Crippen molar-refractivity contribution in [2.24, 2.45) is 4.99 Å². The van der Waals surface area contributed by atoms with E-state index in [2.05, 4.69) is 44.1 Å². The molecule has 158 valence electrons. The van der Waals surface area contributed by atoms with Crippen molar-refractivity contribution in [2.45, 2.75) is 47.5 Å². The summed E-state index contributed by atoms with van der Waals surface area (Å²) in [7, 11) is 0. The molecule has 1 aromatic carbocycles. The first-order valence-corrected chi connectivity index (χ1v) is 9.86. The molecule has 0 saturated carbocycles. The number of aliphatic imine (C=N–C) groups is 1. The third kappa shape index (κ3) is 6.69. The molecule has 0 N–H and O–H groups in total. The van der Waals surface area contributed by atoms with Crippen molar-refractivity contribution in [3.05, 3.63) is 89.8 Å². The predicted molar refractivity (Wildman–Crippen MR) is 124 cm³/mol. The molecule has 0 radical (unpaired) electrons. The number of rotatable bonds is 9. The Kier molecular flexibility index (Phi) is 8.10. The highest BCUT2D eigenvalue weighted by Gasteiger charge is 2.09. The molecule has 0 aliphatic heterocycles. The molecule has 2 rings (SSSR count). The first kappa shape index (κ1) is 23.1. The molecule has 30 heavy (non-hydrogen) atoms. The third-order valence-corrected chi connectivity index (χ3v) is 4.37. The molecule has 0 bridgehead atoms. The van der Waals surface area contributed by atoms with Crippen LogP contribution in [-0.2, 0) is 6.54 Å². The van der Waals surface area contributed by atoms with Crippen LogP contribution in [-0.4, -0.2) is 21.8 Å². The zero-order valence-electron chi connectivity index (χ0n) is 18.4. The molecule has 0 aliphatic carbocycles. The molecule has 0 aliphatic rings. The third-order valence-electron chi connectivity index (χ3n) is 4.37. The molecule has 4 nitrogen and oxygen atoms in total. The number of hydrogen-bond acceptors (Lipinski definition) is 3. The number of alkyl halides is 1. The lowest BCUT2D eigenvalue weighted by atomic mass is 10.1. The molecule has 0 saturated heterocycles. The normalized spacial score (nSPS) is 13.0. The first-order chi connectivity index (χ1) is 14.2. The van der Waals surface area contributed by atoms with Crippen LogP contribution < -0.4 is 4.74 Å². The topological polar surface area (TPSA) is 39.4 Å². The number of benzene rings is 1. The Morgan fingerprint density at radius 1 is 1.23 bits per heavy atom. The van der Waals surface area contributed by atoms with Crippen LogP contribution in [0.2, 0.25) is 0 Å². The Balaban J connectivity index is 2.17. The minimum absolute atomic E-state index is 0.468. The van der Waals surface area contributed by atoms with Gasteiger partial charge in [-0.05, 0) is 69.2 Å². The van der Waals surface area contributed by atoms with Gasteiger partial charge < -0.3 is 4.74 Å². The molecule has 1 unspecified atom stereocenters. The van der Waals surface area contributed by atoms with Gasteiger partial charge in [0.05, 0.1) is 18.0 Å². The molecule has 0 spiro atoms. The number of ether oxygens (including phenoxy) is 1. The quantitative estimate of drug-likeness (QED) is 0.354. The van der Waals surface area contributed by atoms with Gasteiger partial charge in [-0.15, -0.1) is 0 Å². The number of nitrogens with zero attached hydrogens (tertiary/aromatic N) is 3. The largest absolute Gasteiger partial charge is 0.461 e. The van der Waals surface area contributed by atoms with E-state index >= 15 is 0 Å². The highest BCUT2D eigenvalue weighted by molar-refractivity contribution is 6.00. The zero-order valence-corrected chi connectivity index (χ0v) is 18.4. The molecule has 1 aromatic heterocycles. The van der Waals surface area contributed by atoms with E-state index in [1.807, 2.05) is 42.8 Å². The van der Waals surface area contributed by atoms with Gasteiger partial charge in [-0.2, -0.15) is 5.10 Å². The van der Waals surface area contributed by atoms with Crippen LogP contribution in [0, 0.1) is 6.92 Å². The Labute approximate surface area is 178 Å². The van der Waals surface area contributed by atoms with Gasteiger partial charge >= 0.3 is 0 Å². The van der Waals surface area contributed by atoms with Gasteiger partial charge in [-0.25, -0.2) is 4.39 Å². The highest BCUT2D eigenvalue weighted by atomic mass is 19.1. The number of hydrogen-bond donors (Lipinski definition) is 0. The lowest BCUT2D eigenvalue weighted by Gasteiger charge is -2.08. The van der Waals surface area contributed by atoms with Gasteiger partial charge in [-0.1, -0.05) is 37.0 Å². The standard InChI is InChI=1S/C25H30FN3O/c1-8-22(10-9-17(2)3)16-29-18(4)15-25(28-29)20(6)27-19(5)23-11-13-24(14-12-23)30-21(7)26/h8-15,21H,1,5,16H2,2-4,6-7H3/b22-10+,27-20+. The Bertz CT molecular complexity index is 988. The van der Waals surface area contributed by atoms with Crippen molar-refractivity contribution >= 4 is 11.4 Å². The van der Waals surface area contributed by atoms with Gasteiger partial charge in [0, 0.05) is 12.6 Å². The number of aryl methyl sites for hydroxylation is 1. The van der Waals surface area contributed by atoms with E-state index in [9.17, 15) is 4.39 Å². The fourth-order valence-electron chi connectivity index (χ4n) is 2.72. The van der Waals surface area contributed by atoms with Crippen molar-refractivity contribution in [3.63, 3.8) is 0 Å². The minimum atomic E-state index is -1.35.